The smallest absolute Gasteiger partial charge is 0.387 e. The van der Waals surface area contributed by atoms with E-state index in [1.807, 2.05) is 0 Å². The molecule has 0 amide bonds. The van der Waals surface area contributed by atoms with Gasteiger partial charge in [0.15, 0.2) is 0 Å². The lowest BCUT2D eigenvalue weighted by Crippen LogP contribution is -2.17. The number of nitrogens with one attached hydrogen (secondary N) is 1. The van der Waals surface area contributed by atoms with Crippen molar-refractivity contribution in [3.8, 4) is 5.75 Å². The Balaban J connectivity index is 2.49. The number of alkyl halides is 2. The Morgan fingerprint density at radius 2 is 1.84 bits per heavy atom. The Hall–Kier alpha value is -2.68. The highest BCUT2D eigenvalue weighted by Crippen LogP contribution is 2.29. The number of ether oxygens (including phenoxy) is 1. The molecule has 0 aromatic heterocycles. The van der Waals surface area contributed by atoms with E-state index < -0.39 is 22.6 Å². The lowest BCUT2D eigenvalue weighted by atomic mass is 10.1. The quantitative estimate of drug-likeness (QED) is 0.812. The molecular weight excluding hydrogens is 356 g/mol. The van der Waals surface area contributed by atoms with Gasteiger partial charge in [-0.2, -0.15) is 8.78 Å². The predicted octanol–water partition coefficient (Wildman–Crippen LogP) is 3.40. The van der Waals surface area contributed by atoms with Crippen LogP contribution in [0.15, 0.2) is 41.3 Å². The molecule has 134 valence electrons. The van der Waals surface area contributed by atoms with Gasteiger partial charge in [-0.1, -0.05) is 12.1 Å². The van der Waals surface area contributed by atoms with Crippen molar-refractivity contribution in [3.63, 3.8) is 0 Å². The molecular formula is C16H15F2NO5S. The molecule has 0 bridgehead atoms. The van der Waals surface area contributed by atoms with Crippen LogP contribution in [-0.2, 0) is 10.0 Å². The van der Waals surface area contributed by atoms with Crippen LogP contribution in [0.1, 0.15) is 21.5 Å². The average Bonchev–Trinajstić information content (AvgIpc) is 2.50. The molecule has 2 aromatic rings. The second kappa shape index (κ2) is 7.06. The van der Waals surface area contributed by atoms with E-state index >= 15 is 0 Å². The Morgan fingerprint density at radius 3 is 2.44 bits per heavy atom. The minimum absolute atomic E-state index is 0.180. The number of anilines is 1. The fraction of sp³-hybridized carbons (Fsp3) is 0.188. The van der Waals surface area contributed by atoms with Gasteiger partial charge >= 0.3 is 12.6 Å². The Bertz CT molecular complexity index is 913. The molecule has 0 saturated carbocycles. The van der Waals surface area contributed by atoms with Crippen LogP contribution < -0.4 is 9.46 Å². The van der Waals surface area contributed by atoms with E-state index in [-0.39, 0.29) is 21.9 Å². The zero-order chi connectivity index (χ0) is 18.8. The fourth-order valence-electron chi connectivity index (χ4n) is 2.18. The molecule has 0 radical (unpaired) electrons. The summed E-state index contributed by atoms with van der Waals surface area (Å²) in [6, 6.07) is 7.68. The van der Waals surface area contributed by atoms with E-state index in [4.69, 9.17) is 5.11 Å². The van der Waals surface area contributed by atoms with E-state index in [2.05, 4.69) is 9.46 Å². The number of carboxylic acid groups (broad SMARTS) is 1. The summed E-state index contributed by atoms with van der Waals surface area (Å²) in [5.74, 6) is -1.62. The molecule has 0 saturated heterocycles. The topological polar surface area (TPSA) is 92.7 Å². The molecule has 6 nitrogen and oxygen atoms in total. The van der Waals surface area contributed by atoms with Gasteiger partial charge < -0.3 is 9.84 Å². The minimum Gasteiger partial charge on any atom is -0.478 e. The molecule has 0 aliphatic heterocycles. The van der Waals surface area contributed by atoms with Gasteiger partial charge in [0.1, 0.15) is 5.75 Å². The van der Waals surface area contributed by atoms with Crippen molar-refractivity contribution >= 4 is 21.7 Å². The molecule has 0 unspecified atom stereocenters. The van der Waals surface area contributed by atoms with Crippen molar-refractivity contribution in [1.82, 2.24) is 0 Å². The molecule has 9 heteroatoms. The van der Waals surface area contributed by atoms with E-state index in [0.29, 0.717) is 11.1 Å². The van der Waals surface area contributed by atoms with Gasteiger partial charge in [-0.25, -0.2) is 13.2 Å². The molecule has 0 atom stereocenters. The predicted molar refractivity (Wildman–Crippen MR) is 86.8 cm³/mol. The lowest BCUT2D eigenvalue weighted by molar-refractivity contribution is -0.0493. The molecule has 2 aromatic carbocycles. The van der Waals surface area contributed by atoms with E-state index in [1.165, 1.54) is 37.3 Å². The number of aromatic carboxylic acids is 1. The summed E-state index contributed by atoms with van der Waals surface area (Å²) in [6.45, 7) is -0.0175. The highest BCUT2D eigenvalue weighted by Gasteiger charge is 2.22. The van der Waals surface area contributed by atoms with Crippen molar-refractivity contribution in [2.45, 2.75) is 25.4 Å². The van der Waals surface area contributed by atoms with Crippen LogP contribution in [0.4, 0.5) is 14.5 Å². The SMILES string of the molecule is Cc1cc(C(=O)O)cc(S(=O)(=O)Nc2ccccc2OC(F)F)c1C. The summed E-state index contributed by atoms with van der Waals surface area (Å²) in [5.41, 5.74) is 0.448. The molecule has 0 aliphatic carbocycles. The summed E-state index contributed by atoms with van der Waals surface area (Å²) in [5, 5.41) is 9.10. The minimum atomic E-state index is -4.22. The summed E-state index contributed by atoms with van der Waals surface area (Å²) >= 11 is 0. The van der Waals surface area contributed by atoms with Crippen LogP contribution >= 0.6 is 0 Å². The molecule has 0 spiro atoms. The lowest BCUT2D eigenvalue weighted by Gasteiger charge is -2.15. The van der Waals surface area contributed by atoms with Crippen LogP contribution in [0.2, 0.25) is 0 Å². The molecule has 2 rings (SSSR count). The second-order valence-corrected chi connectivity index (χ2v) is 6.85. The van der Waals surface area contributed by atoms with E-state index in [1.54, 1.807) is 6.92 Å². The number of hydrogen-bond acceptors (Lipinski definition) is 4. The van der Waals surface area contributed by atoms with Crippen molar-refractivity contribution in [1.29, 1.82) is 0 Å². The van der Waals surface area contributed by atoms with Gasteiger partial charge in [0, 0.05) is 0 Å². The molecule has 2 N–H and O–H groups in total. The van der Waals surface area contributed by atoms with Crippen molar-refractivity contribution in [2.75, 3.05) is 4.72 Å². The number of sulfonamides is 1. The summed E-state index contributed by atoms with van der Waals surface area (Å²) in [6.07, 6.45) is 0. The molecule has 0 fully saturated rings. The summed E-state index contributed by atoms with van der Waals surface area (Å²) in [7, 11) is -4.22. The Kier molecular flexibility index (Phi) is 5.27. The van der Waals surface area contributed by atoms with Crippen LogP contribution in [0.3, 0.4) is 0 Å². The number of aryl methyl sites for hydroxylation is 1. The number of carbonyl (C=O) groups is 1. The maximum Gasteiger partial charge on any atom is 0.387 e. The zero-order valence-corrected chi connectivity index (χ0v) is 14.1. The molecule has 25 heavy (non-hydrogen) atoms. The zero-order valence-electron chi connectivity index (χ0n) is 13.3. The van der Waals surface area contributed by atoms with Crippen LogP contribution in [-0.4, -0.2) is 26.1 Å². The van der Waals surface area contributed by atoms with Crippen LogP contribution in [0.5, 0.6) is 5.75 Å². The molecule has 0 aliphatic rings. The summed E-state index contributed by atoms with van der Waals surface area (Å²) < 4.78 is 56.6. The van der Waals surface area contributed by atoms with Crippen LogP contribution in [0, 0.1) is 13.8 Å². The van der Waals surface area contributed by atoms with Crippen molar-refractivity contribution in [3.05, 3.63) is 53.1 Å². The van der Waals surface area contributed by atoms with Gasteiger partial charge in [-0.15, -0.1) is 0 Å². The van der Waals surface area contributed by atoms with Gasteiger partial charge in [-0.05, 0) is 49.2 Å². The Morgan fingerprint density at radius 1 is 1.20 bits per heavy atom. The maximum absolute atomic E-state index is 12.6. The van der Waals surface area contributed by atoms with E-state index in [0.717, 1.165) is 6.07 Å². The first kappa shape index (κ1) is 18.7. The fourth-order valence-corrected chi connectivity index (χ4v) is 3.59. The van der Waals surface area contributed by atoms with E-state index in [9.17, 15) is 22.0 Å². The largest absolute Gasteiger partial charge is 0.478 e. The number of rotatable bonds is 6. The second-order valence-electron chi connectivity index (χ2n) is 5.20. The third kappa shape index (κ3) is 4.24. The van der Waals surface area contributed by atoms with Crippen molar-refractivity contribution in [2.24, 2.45) is 0 Å². The van der Waals surface area contributed by atoms with Crippen LogP contribution in [0.25, 0.3) is 0 Å². The first-order valence-electron chi connectivity index (χ1n) is 7.03. The third-order valence-corrected chi connectivity index (χ3v) is 5.00. The number of para-hydroxylation sites is 2. The third-order valence-electron chi connectivity index (χ3n) is 3.50. The number of carboxylic acids is 1. The van der Waals surface area contributed by atoms with Gasteiger partial charge in [0.2, 0.25) is 0 Å². The van der Waals surface area contributed by atoms with Crippen molar-refractivity contribution < 1.29 is 31.8 Å². The van der Waals surface area contributed by atoms with Gasteiger partial charge in [-0.3, -0.25) is 4.72 Å². The number of benzene rings is 2. The highest BCUT2D eigenvalue weighted by molar-refractivity contribution is 7.92. The highest BCUT2D eigenvalue weighted by atomic mass is 32.2. The average molecular weight is 371 g/mol. The first-order valence-corrected chi connectivity index (χ1v) is 8.51. The monoisotopic (exact) mass is 371 g/mol. The van der Waals surface area contributed by atoms with Gasteiger partial charge in [0.25, 0.3) is 10.0 Å². The Labute approximate surface area is 143 Å². The normalized spacial score (nSPS) is 11.4. The summed E-state index contributed by atoms with van der Waals surface area (Å²) in [4.78, 5) is 10.9. The molecule has 0 heterocycles. The standard InChI is InChI=1S/C16H15F2NO5S/c1-9-7-11(15(20)21)8-14(10(9)2)25(22,23)19-12-5-3-4-6-13(12)24-16(17)18/h3-8,16,19H,1-2H3,(H,20,21). The maximum atomic E-state index is 12.6. The number of hydrogen-bond donors (Lipinski definition) is 2. The first-order chi connectivity index (χ1) is 11.6. The number of halogens is 2. The van der Waals surface area contributed by atoms with Gasteiger partial charge in [0.05, 0.1) is 16.1 Å².